The van der Waals surface area contributed by atoms with Crippen molar-refractivity contribution in [3.05, 3.63) is 17.7 Å². The first-order chi connectivity index (χ1) is 9.39. The summed E-state index contributed by atoms with van der Waals surface area (Å²) in [6.07, 6.45) is 4.28. The Morgan fingerprint density at radius 3 is 2.35 bits per heavy atom. The van der Waals surface area contributed by atoms with E-state index in [0.717, 1.165) is 19.4 Å². The van der Waals surface area contributed by atoms with Crippen molar-refractivity contribution in [3.8, 4) is 0 Å². The van der Waals surface area contributed by atoms with Gasteiger partial charge in [-0.1, -0.05) is 0 Å². The van der Waals surface area contributed by atoms with Gasteiger partial charge in [-0.05, 0) is 44.5 Å². The summed E-state index contributed by atoms with van der Waals surface area (Å²) in [5.41, 5.74) is 0. The predicted molar refractivity (Wildman–Crippen MR) is 77.1 cm³/mol. The quantitative estimate of drug-likeness (QED) is 0.778. The zero-order valence-electron chi connectivity index (χ0n) is 11.7. The van der Waals surface area contributed by atoms with E-state index in [1.807, 2.05) is 14.1 Å². The Balaban J connectivity index is 2.04. The summed E-state index contributed by atoms with van der Waals surface area (Å²) >= 11 is 5.58. The van der Waals surface area contributed by atoms with Crippen molar-refractivity contribution in [2.24, 2.45) is 5.92 Å². The molecule has 20 heavy (non-hydrogen) atoms. The van der Waals surface area contributed by atoms with Crippen LogP contribution in [0.5, 0.6) is 0 Å². The molecule has 0 atom stereocenters. The number of sulfonamides is 1. The van der Waals surface area contributed by atoms with Gasteiger partial charge < -0.3 is 4.90 Å². The van der Waals surface area contributed by atoms with E-state index in [4.69, 9.17) is 11.6 Å². The number of hydrogen-bond donors (Lipinski definition) is 0. The molecular weight excluding hydrogens is 300 g/mol. The van der Waals surface area contributed by atoms with Crippen LogP contribution in [0.3, 0.4) is 0 Å². The third kappa shape index (κ3) is 3.66. The van der Waals surface area contributed by atoms with Crippen molar-refractivity contribution in [2.75, 3.05) is 33.7 Å². The van der Waals surface area contributed by atoms with Gasteiger partial charge in [-0.25, -0.2) is 18.4 Å². The monoisotopic (exact) mass is 318 g/mol. The van der Waals surface area contributed by atoms with Crippen LogP contribution in [-0.4, -0.2) is 61.3 Å². The molecule has 1 aromatic rings. The second-order valence-electron chi connectivity index (χ2n) is 5.30. The van der Waals surface area contributed by atoms with Gasteiger partial charge in [-0.2, -0.15) is 4.31 Å². The number of piperidine rings is 1. The molecule has 2 rings (SSSR count). The third-order valence-electron chi connectivity index (χ3n) is 3.43. The van der Waals surface area contributed by atoms with Crippen molar-refractivity contribution in [3.63, 3.8) is 0 Å². The summed E-state index contributed by atoms with van der Waals surface area (Å²) in [5.74, 6) is 0.554. The Labute approximate surface area is 124 Å². The lowest BCUT2D eigenvalue weighted by atomic mass is 9.98. The second kappa shape index (κ2) is 6.34. The lowest BCUT2D eigenvalue weighted by Gasteiger charge is -2.32. The lowest BCUT2D eigenvalue weighted by molar-refractivity contribution is 0.225. The average molecular weight is 319 g/mol. The molecule has 0 unspecified atom stereocenters. The van der Waals surface area contributed by atoms with Gasteiger partial charge in [0.15, 0.2) is 0 Å². The first-order valence-corrected chi connectivity index (χ1v) is 8.34. The Bertz CT molecular complexity index is 539. The lowest BCUT2D eigenvalue weighted by Crippen LogP contribution is -2.40. The van der Waals surface area contributed by atoms with Crippen molar-refractivity contribution in [2.45, 2.75) is 17.7 Å². The highest BCUT2D eigenvalue weighted by Gasteiger charge is 2.29. The molecule has 112 valence electrons. The molecule has 0 saturated carbocycles. The van der Waals surface area contributed by atoms with Gasteiger partial charge in [0.1, 0.15) is 4.90 Å². The number of nitrogens with zero attached hydrogens (tertiary/aromatic N) is 4. The molecule has 0 amide bonds. The number of aromatic nitrogens is 2. The molecule has 1 aromatic heterocycles. The summed E-state index contributed by atoms with van der Waals surface area (Å²) in [4.78, 5) is 9.72. The standard InChI is InChI=1S/C12H19ClN4O2S/c1-16(2)9-10-3-5-17(6-4-10)20(18,19)11-7-14-12(13)15-8-11/h7-8,10H,3-6,9H2,1-2H3. The number of rotatable bonds is 4. The molecule has 0 aliphatic carbocycles. The summed E-state index contributed by atoms with van der Waals surface area (Å²) < 4.78 is 26.3. The van der Waals surface area contributed by atoms with E-state index < -0.39 is 10.0 Å². The van der Waals surface area contributed by atoms with Gasteiger partial charge in [0.05, 0.1) is 12.4 Å². The molecule has 2 heterocycles. The second-order valence-corrected chi connectivity index (χ2v) is 7.57. The van der Waals surface area contributed by atoms with E-state index in [1.54, 1.807) is 0 Å². The fraction of sp³-hybridized carbons (Fsp3) is 0.667. The normalized spacial score (nSPS) is 18.6. The van der Waals surface area contributed by atoms with Crippen molar-refractivity contribution >= 4 is 21.6 Å². The molecule has 1 fully saturated rings. The molecule has 6 nitrogen and oxygen atoms in total. The minimum atomic E-state index is -3.49. The summed E-state index contributed by atoms with van der Waals surface area (Å²) in [5, 5.41) is 0.0497. The van der Waals surface area contributed by atoms with Crippen LogP contribution >= 0.6 is 11.6 Å². The Morgan fingerprint density at radius 1 is 1.30 bits per heavy atom. The van der Waals surface area contributed by atoms with Gasteiger partial charge >= 0.3 is 0 Å². The molecule has 0 radical (unpaired) electrons. The van der Waals surface area contributed by atoms with Gasteiger partial charge in [0, 0.05) is 19.6 Å². The average Bonchev–Trinajstić information content (AvgIpc) is 2.39. The molecule has 0 bridgehead atoms. The molecule has 0 N–H and O–H groups in total. The molecule has 1 aliphatic rings. The third-order valence-corrected chi connectivity index (χ3v) is 5.48. The molecule has 0 spiro atoms. The van der Waals surface area contributed by atoms with Gasteiger partial charge in [0.25, 0.3) is 0 Å². The first-order valence-electron chi connectivity index (χ1n) is 6.52. The van der Waals surface area contributed by atoms with Crippen LogP contribution in [0.2, 0.25) is 5.28 Å². The van der Waals surface area contributed by atoms with Crippen LogP contribution < -0.4 is 0 Å². The highest BCUT2D eigenvalue weighted by molar-refractivity contribution is 7.89. The topological polar surface area (TPSA) is 66.4 Å². The molecular formula is C12H19ClN4O2S. The fourth-order valence-electron chi connectivity index (χ4n) is 2.43. The molecule has 1 aliphatic heterocycles. The van der Waals surface area contributed by atoms with Crippen LogP contribution in [0.25, 0.3) is 0 Å². The minimum Gasteiger partial charge on any atom is -0.309 e. The van der Waals surface area contributed by atoms with E-state index in [2.05, 4.69) is 14.9 Å². The van der Waals surface area contributed by atoms with E-state index in [9.17, 15) is 8.42 Å². The van der Waals surface area contributed by atoms with E-state index >= 15 is 0 Å². The largest absolute Gasteiger partial charge is 0.309 e. The maximum absolute atomic E-state index is 12.4. The zero-order valence-corrected chi connectivity index (χ0v) is 13.2. The highest BCUT2D eigenvalue weighted by Crippen LogP contribution is 2.23. The van der Waals surface area contributed by atoms with Crippen LogP contribution in [0.4, 0.5) is 0 Å². The number of halogens is 1. The predicted octanol–water partition coefficient (Wildman–Crippen LogP) is 1.09. The van der Waals surface area contributed by atoms with Crippen molar-refractivity contribution < 1.29 is 8.42 Å². The van der Waals surface area contributed by atoms with Gasteiger partial charge in [-0.15, -0.1) is 0 Å². The SMILES string of the molecule is CN(C)CC1CCN(S(=O)(=O)c2cnc(Cl)nc2)CC1. The van der Waals surface area contributed by atoms with Gasteiger partial charge in [0.2, 0.25) is 15.3 Å². The fourth-order valence-corrected chi connectivity index (χ4v) is 3.89. The number of hydrogen-bond acceptors (Lipinski definition) is 5. The Kier molecular flexibility index (Phi) is 4.95. The van der Waals surface area contributed by atoms with Gasteiger partial charge in [-0.3, -0.25) is 0 Å². The van der Waals surface area contributed by atoms with E-state index in [-0.39, 0.29) is 10.2 Å². The summed E-state index contributed by atoms with van der Waals surface area (Å²) in [6, 6.07) is 0. The van der Waals surface area contributed by atoms with Crippen molar-refractivity contribution in [1.82, 2.24) is 19.2 Å². The van der Waals surface area contributed by atoms with Crippen LogP contribution in [0, 0.1) is 5.92 Å². The smallest absolute Gasteiger partial charge is 0.246 e. The molecule has 1 saturated heterocycles. The maximum Gasteiger partial charge on any atom is 0.246 e. The van der Waals surface area contributed by atoms with E-state index in [1.165, 1.54) is 16.7 Å². The van der Waals surface area contributed by atoms with Crippen LogP contribution in [-0.2, 0) is 10.0 Å². The minimum absolute atomic E-state index is 0.0497. The van der Waals surface area contributed by atoms with Crippen LogP contribution in [0.15, 0.2) is 17.3 Å². The maximum atomic E-state index is 12.4. The zero-order chi connectivity index (χ0) is 14.8. The molecule has 8 heteroatoms. The Hall–Kier alpha value is -0.760. The van der Waals surface area contributed by atoms with Crippen molar-refractivity contribution in [1.29, 1.82) is 0 Å². The van der Waals surface area contributed by atoms with Crippen LogP contribution in [0.1, 0.15) is 12.8 Å². The molecule has 0 aromatic carbocycles. The Morgan fingerprint density at radius 2 is 1.85 bits per heavy atom. The summed E-state index contributed by atoms with van der Waals surface area (Å²) in [6.45, 7) is 2.09. The van der Waals surface area contributed by atoms with E-state index in [0.29, 0.717) is 19.0 Å². The summed E-state index contributed by atoms with van der Waals surface area (Å²) in [7, 11) is 0.577. The first kappa shape index (κ1) is 15.6. The highest BCUT2D eigenvalue weighted by atomic mass is 35.5.